The average molecular weight is 389 g/mol. The first-order valence-corrected chi connectivity index (χ1v) is 10.1. The summed E-state index contributed by atoms with van der Waals surface area (Å²) in [5.41, 5.74) is 4.27. The fourth-order valence-corrected chi connectivity index (χ4v) is 3.13. The third-order valence-corrected chi connectivity index (χ3v) is 4.73. The summed E-state index contributed by atoms with van der Waals surface area (Å²) in [6.45, 7) is 8.21. The number of nitrogens with zero attached hydrogens (tertiary/aromatic N) is 1. The number of rotatable bonds is 7. The molecule has 4 nitrogen and oxygen atoms in total. The Hall–Kier alpha value is -3.14. The molecule has 150 valence electrons. The lowest BCUT2D eigenvalue weighted by molar-refractivity contribution is 0.102. The lowest BCUT2D eigenvalue weighted by Crippen LogP contribution is -2.14. The van der Waals surface area contributed by atoms with E-state index < -0.39 is 0 Å². The highest BCUT2D eigenvalue weighted by molar-refractivity contribution is 6.05. The van der Waals surface area contributed by atoms with Gasteiger partial charge in [-0.2, -0.15) is 0 Å². The number of benzene rings is 2. The Labute approximate surface area is 173 Å². The normalized spacial score (nSPS) is 10.8. The van der Waals surface area contributed by atoms with E-state index in [1.165, 1.54) is 5.56 Å². The number of pyridine rings is 1. The monoisotopic (exact) mass is 388 g/mol. The molecule has 1 heterocycles. The molecule has 0 saturated carbocycles. The summed E-state index contributed by atoms with van der Waals surface area (Å²) >= 11 is 0. The Morgan fingerprint density at radius 3 is 2.45 bits per heavy atom. The van der Waals surface area contributed by atoms with Crippen LogP contribution >= 0.6 is 0 Å². The van der Waals surface area contributed by atoms with Crippen LogP contribution in [0.3, 0.4) is 0 Å². The molecule has 0 unspecified atom stereocenters. The molecule has 0 aliphatic rings. The minimum atomic E-state index is -0.175. The van der Waals surface area contributed by atoms with Gasteiger partial charge in [0.25, 0.3) is 5.91 Å². The topological polar surface area (TPSA) is 51.2 Å². The maximum absolute atomic E-state index is 12.7. The van der Waals surface area contributed by atoms with Gasteiger partial charge in [-0.15, -0.1) is 0 Å². The third-order valence-electron chi connectivity index (χ3n) is 4.73. The van der Waals surface area contributed by atoms with Crippen molar-refractivity contribution in [3.05, 3.63) is 83.2 Å². The van der Waals surface area contributed by atoms with Crippen molar-refractivity contribution in [3.8, 4) is 11.5 Å². The number of carbonyl (C=O) groups is 1. The van der Waals surface area contributed by atoms with Crippen LogP contribution in [0.15, 0.2) is 60.7 Å². The van der Waals surface area contributed by atoms with E-state index in [2.05, 4.69) is 43.2 Å². The van der Waals surface area contributed by atoms with Crippen LogP contribution in [0.2, 0.25) is 0 Å². The van der Waals surface area contributed by atoms with Crippen LogP contribution in [0.25, 0.3) is 0 Å². The first-order chi connectivity index (χ1) is 14.0. The predicted octanol–water partition coefficient (Wildman–Crippen LogP) is 6.51. The number of aryl methyl sites for hydroxylation is 2. The van der Waals surface area contributed by atoms with E-state index in [-0.39, 0.29) is 5.91 Å². The molecule has 1 amide bonds. The maximum atomic E-state index is 12.7. The molecule has 3 aromatic rings. The van der Waals surface area contributed by atoms with Gasteiger partial charge >= 0.3 is 0 Å². The van der Waals surface area contributed by atoms with E-state index in [4.69, 9.17) is 4.74 Å². The zero-order valence-electron chi connectivity index (χ0n) is 17.5. The Morgan fingerprint density at radius 1 is 1.03 bits per heavy atom. The average Bonchev–Trinajstić information content (AvgIpc) is 2.69. The molecule has 0 radical (unpaired) electrons. The minimum absolute atomic E-state index is 0.175. The second kappa shape index (κ2) is 9.37. The van der Waals surface area contributed by atoms with Crippen molar-refractivity contribution in [1.82, 2.24) is 4.98 Å². The lowest BCUT2D eigenvalue weighted by atomic mass is 10.1. The quantitative estimate of drug-likeness (QED) is 0.502. The zero-order chi connectivity index (χ0) is 20.8. The van der Waals surface area contributed by atoms with Crippen LogP contribution < -0.4 is 10.1 Å². The summed E-state index contributed by atoms with van der Waals surface area (Å²) < 4.78 is 5.94. The molecule has 0 fully saturated rings. The van der Waals surface area contributed by atoms with Crippen molar-refractivity contribution in [2.24, 2.45) is 0 Å². The second-order valence-electron chi connectivity index (χ2n) is 7.50. The fourth-order valence-electron chi connectivity index (χ4n) is 3.13. The van der Waals surface area contributed by atoms with Crippen molar-refractivity contribution < 1.29 is 9.53 Å². The first kappa shape index (κ1) is 20.6. The van der Waals surface area contributed by atoms with E-state index in [9.17, 15) is 4.79 Å². The smallest absolute Gasteiger partial charge is 0.257 e. The van der Waals surface area contributed by atoms with Crippen molar-refractivity contribution in [3.63, 3.8) is 0 Å². The number of nitrogens with one attached hydrogen (secondary N) is 1. The Kier molecular flexibility index (Phi) is 6.65. The van der Waals surface area contributed by atoms with Crippen LogP contribution in [-0.2, 0) is 6.42 Å². The number of hydrogen-bond donors (Lipinski definition) is 1. The highest BCUT2D eigenvalue weighted by atomic mass is 16.5. The maximum Gasteiger partial charge on any atom is 0.257 e. The predicted molar refractivity (Wildman–Crippen MR) is 118 cm³/mol. The number of carbonyl (C=O) groups excluding carboxylic acids is 1. The summed E-state index contributed by atoms with van der Waals surface area (Å²) in [6, 6.07) is 19.3. The third kappa shape index (κ3) is 5.44. The lowest BCUT2D eigenvalue weighted by Gasteiger charge is -2.12. The van der Waals surface area contributed by atoms with Crippen LogP contribution in [0.1, 0.15) is 60.4 Å². The van der Waals surface area contributed by atoms with Crippen LogP contribution in [0, 0.1) is 6.92 Å². The standard InChI is InChI=1S/C25H28N2O2/c1-5-7-19-10-12-21(13-11-19)29-22-9-6-8-20(16-22)27-25(28)23-14-15-24(17(2)3)26-18(23)4/h6,8-17H,5,7H2,1-4H3,(H,27,28). The molecule has 0 aliphatic heterocycles. The summed E-state index contributed by atoms with van der Waals surface area (Å²) in [5.74, 6) is 1.61. The number of anilines is 1. The van der Waals surface area contributed by atoms with Gasteiger partial charge in [-0.25, -0.2) is 0 Å². The fraction of sp³-hybridized carbons (Fsp3) is 0.280. The van der Waals surface area contributed by atoms with Gasteiger partial charge in [-0.3, -0.25) is 9.78 Å². The molecule has 29 heavy (non-hydrogen) atoms. The molecule has 0 aliphatic carbocycles. The molecule has 0 atom stereocenters. The molecule has 2 aromatic carbocycles. The van der Waals surface area contributed by atoms with E-state index in [1.807, 2.05) is 55.5 Å². The van der Waals surface area contributed by atoms with Gasteiger partial charge in [0.2, 0.25) is 0 Å². The van der Waals surface area contributed by atoms with Crippen molar-refractivity contribution in [1.29, 1.82) is 0 Å². The Morgan fingerprint density at radius 2 is 1.79 bits per heavy atom. The highest BCUT2D eigenvalue weighted by Crippen LogP contribution is 2.25. The number of ether oxygens (including phenoxy) is 1. The number of amides is 1. The molecule has 0 saturated heterocycles. The largest absolute Gasteiger partial charge is 0.457 e. The van der Waals surface area contributed by atoms with Crippen LogP contribution in [-0.4, -0.2) is 10.9 Å². The van der Waals surface area contributed by atoms with Gasteiger partial charge in [0.1, 0.15) is 11.5 Å². The van der Waals surface area contributed by atoms with Gasteiger partial charge < -0.3 is 10.1 Å². The molecule has 0 spiro atoms. The molecule has 1 N–H and O–H groups in total. The summed E-state index contributed by atoms with van der Waals surface area (Å²) in [7, 11) is 0. The SMILES string of the molecule is CCCc1ccc(Oc2cccc(NC(=O)c3ccc(C(C)C)nc3C)c2)cc1. The first-order valence-electron chi connectivity index (χ1n) is 10.1. The van der Waals surface area contributed by atoms with E-state index in [1.54, 1.807) is 0 Å². The molecule has 4 heteroatoms. The molecular weight excluding hydrogens is 360 g/mol. The van der Waals surface area contributed by atoms with Gasteiger partial charge in [0, 0.05) is 17.4 Å². The van der Waals surface area contributed by atoms with Crippen molar-refractivity contribution in [2.45, 2.75) is 46.5 Å². The minimum Gasteiger partial charge on any atom is -0.457 e. The van der Waals surface area contributed by atoms with Crippen molar-refractivity contribution in [2.75, 3.05) is 5.32 Å². The molecular formula is C25H28N2O2. The summed E-state index contributed by atoms with van der Waals surface area (Å²) in [6.07, 6.45) is 2.19. The van der Waals surface area contributed by atoms with Gasteiger partial charge in [0.05, 0.1) is 11.3 Å². The number of hydrogen-bond acceptors (Lipinski definition) is 3. The van der Waals surface area contributed by atoms with Crippen molar-refractivity contribution >= 4 is 11.6 Å². The van der Waals surface area contributed by atoms with Crippen LogP contribution in [0.4, 0.5) is 5.69 Å². The molecule has 1 aromatic heterocycles. The second-order valence-corrected chi connectivity index (χ2v) is 7.50. The molecule has 3 rings (SSSR count). The Bertz CT molecular complexity index is 978. The Balaban J connectivity index is 1.70. The van der Waals surface area contributed by atoms with Gasteiger partial charge in [-0.1, -0.05) is 45.4 Å². The van der Waals surface area contributed by atoms with E-state index >= 15 is 0 Å². The van der Waals surface area contributed by atoms with E-state index in [0.29, 0.717) is 22.9 Å². The molecule has 0 bridgehead atoms. The highest BCUT2D eigenvalue weighted by Gasteiger charge is 2.12. The van der Waals surface area contributed by atoms with Crippen LogP contribution in [0.5, 0.6) is 11.5 Å². The summed E-state index contributed by atoms with van der Waals surface area (Å²) in [5, 5.41) is 2.94. The van der Waals surface area contributed by atoms with Gasteiger partial charge in [-0.05, 0) is 61.2 Å². The van der Waals surface area contributed by atoms with Gasteiger partial charge in [0.15, 0.2) is 0 Å². The zero-order valence-corrected chi connectivity index (χ0v) is 17.5. The van der Waals surface area contributed by atoms with E-state index in [0.717, 1.165) is 30.0 Å². The number of aromatic nitrogens is 1. The summed E-state index contributed by atoms with van der Waals surface area (Å²) in [4.78, 5) is 17.2.